The monoisotopic (exact) mass is 522 g/mol. The van der Waals surface area contributed by atoms with Gasteiger partial charge in [-0.15, -0.1) is 0 Å². The van der Waals surface area contributed by atoms with Crippen LogP contribution in [0.5, 0.6) is 11.5 Å². The first-order chi connectivity index (χ1) is 17.8. The van der Waals surface area contributed by atoms with E-state index in [1.54, 1.807) is 30.7 Å². The number of fused-ring (bicyclic) bond motifs is 1. The van der Waals surface area contributed by atoms with Crippen molar-refractivity contribution < 1.29 is 23.7 Å². The number of aromatic nitrogens is 1. The number of para-hydroxylation sites is 2. The van der Waals surface area contributed by atoms with Crippen molar-refractivity contribution >= 4 is 23.4 Å². The predicted molar refractivity (Wildman–Crippen MR) is 142 cm³/mol. The summed E-state index contributed by atoms with van der Waals surface area (Å²) in [6, 6.07) is 14.1. The lowest BCUT2D eigenvalue weighted by atomic mass is 9.95. The molecular formula is C28H30N2O6S. The molecule has 0 aliphatic carbocycles. The highest BCUT2D eigenvalue weighted by Crippen LogP contribution is 2.35. The number of nitrogens with zero attached hydrogens (tertiary/aromatic N) is 2. The molecule has 3 aromatic rings. The van der Waals surface area contributed by atoms with Crippen molar-refractivity contribution in [2.45, 2.75) is 32.9 Å². The third-order valence-electron chi connectivity index (χ3n) is 5.76. The number of esters is 1. The van der Waals surface area contributed by atoms with Gasteiger partial charge in [0, 0.05) is 18.2 Å². The largest absolute Gasteiger partial charge is 0.496 e. The zero-order valence-corrected chi connectivity index (χ0v) is 22.3. The summed E-state index contributed by atoms with van der Waals surface area (Å²) in [6.07, 6.45) is 1.78. The number of ether oxygens (including phenoxy) is 4. The third kappa shape index (κ3) is 5.52. The molecule has 1 atom stereocenters. The summed E-state index contributed by atoms with van der Waals surface area (Å²) < 4.78 is 24.0. The van der Waals surface area contributed by atoms with Crippen LogP contribution >= 0.6 is 11.3 Å². The number of hydrogen-bond donors (Lipinski definition) is 0. The van der Waals surface area contributed by atoms with E-state index < -0.39 is 12.0 Å². The minimum Gasteiger partial charge on any atom is -0.496 e. The van der Waals surface area contributed by atoms with Gasteiger partial charge in [-0.05, 0) is 39.0 Å². The molecular weight excluding hydrogens is 492 g/mol. The van der Waals surface area contributed by atoms with Crippen LogP contribution in [0.3, 0.4) is 0 Å². The van der Waals surface area contributed by atoms with Gasteiger partial charge in [-0.1, -0.05) is 47.7 Å². The lowest BCUT2D eigenvalue weighted by Gasteiger charge is -2.26. The number of allylic oxidation sites excluding steroid dienone is 1. The van der Waals surface area contributed by atoms with E-state index in [4.69, 9.17) is 18.9 Å². The molecule has 194 valence electrons. The lowest BCUT2D eigenvalue weighted by molar-refractivity contribution is -0.140. The summed E-state index contributed by atoms with van der Waals surface area (Å²) >= 11 is 1.26. The molecule has 4 rings (SSSR count). The average molecular weight is 523 g/mol. The van der Waals surface area contributed by atoms with E-state index in [2.05, 4.69) is 4.99 Å². The van der Waals surface area contributed by atoms with Crippen molar-refractivity contribution in [3.63, 3.8) is 0 Å². The zero-order valence-electron chi connectivity index (χ0n) is 21.5. The van der Waals surface area contributed by atoms with Crippen molar-refractivity contribution in [3.8, 4) is 11.5 Å². The highest BCUT2D eigenvalue weighted by molar-refractivity contribution is 7.07. The molecule has 9 heteroatoms. The first-order valence-corrected chi connectivity index (χ1v) is 12.7. The molecule has 0 bridgehead atoms. The van der Waals surface area contributed by atoms with Crippen LogP contribution in [0.15, 0.2) is 69.6 Å². The molecule has 0 spiro atoms. The van der Waals surface area contributed by atoms with E-state index in [9.17, 15) is 9.59 Å². The average Bonchev–Trinajstić information content (AvgIpc) is 3.18. The Labute approximate surface area is 219 Å². The molecule has 0 saturated carbocycles. The standard InChI is InChI=1S/C28H30N2O6S/c1-17(2)36-21-12-8-6-10-19(21)16-23-26(31)30-25(20-11-7-9-13-22(20)34-5)24(18(3)29-28(30)37-23)27(32)35-15-14-33-4/h6-13,16-17,25H,14-15H2,1-5H3. The Morgan fingerprint density at radius 1 is 1.08 bits per heavy atom. The van der Waals surface area contributed by atoms with Crippen LogP contribution in [0.4, 0.5) is 0 Å². The smallest absolute Gasteiger partial charge is 0.338 e. The van der Waals surface area contributed by atoms with E-state index >= 15 is 0 Å². The topological polar surface area (TPSA) is 88.4 Å². The molecule has 1 unspecified atom stereocenters. The Hall–Kier alpha value is -3.69. The Morgan fingerprint density at radius 2 is 1.78 bits per heavy atom. The van der Waals surface area contributed by atoms with Crippen molar-refractivity contribution in [3.05, 3.63) is 90.6 Å². The summed E-state index contributed by atoms with van der Waals surface area (Å²) in [5.41, 5.74) is 1.94. The first-order valence-electron chi connectivity index (χ1n) is 11.9. The van der Waals surface area contributed by atoms with E-state index in [0.29, 0.717) is 32.1 Å². The van der Waals surface area contributed by atoms with Crippen molar-refractivity contribution in [2.24, 2.45) is 4.99 Å². The summed E-state index contributed by atoms with van der Waals surface area (Å²) in [6.45, 7) is 6.00. The number of rotatable bonds is 9. The maximum atomic E-state index is 13.9. The molecule has 1 aliphatic heterocycles. The van der Waals surface area contributed by atoms with E-state index in [-0.39, 0.29) is 30.5 Å². The highest BCUT2D eigenvalue weighted by Gasteiger charge is 2.35. The van der Waals surface area contributed by atoms with Crippen LogP contribution < -0.4 is 24.4 Å². The molecule has 2 aromatic carbocycles. The van der Waals surface area contributed by atoms with Gasteiger partial charge < -0.3 is 18.9 Å². The van der Waals surface area contributed by atoms with Crippen molar-refractivity contribution in [1.82, 2.24) is 4.57 Å². The number of carbonyl (C=O) groups is 1. The maximum absolute atomic E-state index is 13.9. The second-order valence-corrected chi connectivity index (χ2v) is 9.67. The van der Waals surface area contributed by atoms with Crippen LogP contribution in [0.25, 0.3) is 6.08 Å². The second-order valence-electron chi connectivity index (χ2n) is 8.66. The Morgan fingerprint density at radius 3 is 2.49 bits per heavy atom. The molecule has 0 radical (unpaired) electrons. The number of carbonyl (C=O) groups excluding carboxylic acids is 1. The fourth-order valence-corrected chi connectivity index (χ4v) is 5.20. The number of benzene rings is 2. The normalized spacial score (nSPS) is 15.4. The van der Waals surface area contributed by atoms with Gasteiger partial charge in [0.1, 0.15) is 24.1 Å². The molecule has 0 fully saturated rings. The van der Waals surface area contributed by atoms with E-state index in [0.717, 1.165) is 5.56 Å². The van der Waals surface area contributed by atoms with Crippen molar-refractivity contribution in [1.29, 1.82) is 0 Å². The molecule has 0 amide bonds. The van der Waals surface area contributed by atoms with Crippen molar-refractivity contribution in [2.75, 3.05) is 27.4 Å². The van der Waals surface area contributed by atoms with Crippen LogP contribution in [0.1, 0.15) is 37.9 Å². The molecule has 37 heavy (non-hydrogen) atoms. The van der Waals surface area contributed by atoms with Gasteiger partial charge in [0.25, 0.3) is 5.56 Å². The van der Waals surface area contributed by atoms with E-state index in [1.807, 2.05) is 56.3 Å². The van der Waals surface area contributed by atoms with Crippen LogP contribution in [-0.2, 0) is 14.3 Å². The molecule has 8 nitrogen and oxygen atoms in total. The summed E-state index contributed by atoms with van der Waals surface area (Å²) in [5.74, 6) is 0.678. The highest BCUT2D eigenvalue weighted by atomic mass is 32.1. The Kier molecular flexibility index (Phi) is 8.25. The summed E-state index contributed by atoms with van der Waals surface area (Å²) in [5, 5.41) is 0. The Balaban J connectivity index is 1.92. The zero-order chi connectivity index (χ0) is 26.5. The van der Waals surface area contributed by atoms with Gasteiger partial charge in [-0.2, -0.15) is 0 Å². The second kappa shape index (κ2) is 11.6. The molecule has 1 aromatic heterocycles. The molecule has 0 N–H and O–H groups in total. The van der Waals surface area contributed by atoms with Gasteiger partial charge in [-0.25, -0.2) is 9.79 Å². The van der Waals surface area contributed by atoms with E-state index in [1.165, 1.54) is 18.4 Å². The number of thiazole rings is 1. The van der Waals surface area contributed by atoms with Gasteiger partial charge in [-0.3, -0.25) is 9.36 Å². The Bertz CT molecular complexity index is 1500. The molecule has 1 aliphatic rings. The number of hydrogen-bond acceptors (Lipinski definition) is 8. The molecule has 2 heterocycles. The fraction of sp³-hybridized carbons (Fsp3) is 0.321. The van der Waals surface area contributed by atoms with Gasteiger partial charge in [0.2, 0.25) is 0 Å². The third-order valence-corrected chi connectivity index (χ3v) is 6.75. The van der Waals surface area contributed by atoms with Gasteiger partial charge in [0.05, 0.1) is 35.6 Å². The summed E-state index contributed by atoms with van der Waals surface area (Å²) in [4.78, 5) is 32.3. The van der Waals surface area contributed by atoms with Crippen LogP contribution in [0, 0.1) is 0 Å². The minimum absolute atomic E-state index is 0.0179. The quantitative estimate of drug-likeness (QED) is 0.317. The molecule has 0 saturated heterocycles. The maximum Gasteiger partial charge on any atom is 0.338 e. The first kappa shape index (κ1) is 26.4. The predicted octanol–water partition coefficient (Wildman–Crippen LogP) is 3.22. The van der Waals surface area contributed by atoms with Crippen LogP contribution in [-0.4, -0.2) is 44.1 Å². The van der Waals surface area contributed by atoms with Crippen LogP contribution in [0.2, 0.25) is 0 Å². The SMILES string of the molecule is COCCOC(=O)C1=C(C)N=c2sc(=Cc3ccccc3OC(C)C)c(=O)n2C1c1ccccc1OC. The van der Waals surface area contributed by atoms with Gasteiger partial charge in [0.15, 0.2) is 4.80 Å². The minimum atomic E-state index is -0.772. The summed E-state index contributed by atoms with van der Waals surface area (Å²) in [7, 11) is 3.09. The fourth-order valence-electron chi connectivity index (χ4n) is 4.17. The number of methoxy groups -OCH3 is 2. The lowest BCUT2D eigenvalue weighted by Crippen LogP contribution is -2.40. The van der Waals surface area contributed by atoms with Gasteiger partial charge >= 0.3 is 5.97 Å².